The molecule has 1 aliphatic heterocycles. The number of aryl methyl sites for hydroxylation is 1. The molecule has 0 spiro atoms. The fourth-order valence-electron chi connectivity index (χ4n) is 3.97. The van der Waals surface area contributed by atoms with E-state index in [1.54, 1.807) is 11.6 Å². The van der Waals surface area contributed by atoms with Crippen molar-refractivity contribution in [2.45, 2.75) is 52.0 Å². The Morgan fingerprint density at radius 1 is 1.22 bits per heavy atom. The molecule has 27 heavy (non-hydrogen) atoms. The van der Waals surface area contributed by atoms with E-state index in [1.165, 1.54) is 4.68 Å². The second kappa shape index (κ2) is 8.55. The van der Waals surface area contributed by atoms with Gasteiger partial charge in [0, 0.05) is 32.0 Å². The molecule has 0 saturated carbocycles. The summed E-state index contributed by atoms with van der Waals surface area (Å²) < 4.78 is 3.22. The molecule has 1 amide bonds. The number of rotatable bonds is 6. The predicted octanol–water partition coefficient (Wildman–Crippen LogP) is 2.77. The van der Waals surface area contributed by atoms with E-state index >= 15 is 0 Å². The number of aromatic nitrogens is 3. The lowest BCUT2D eigenvalue weighted by molar-refractivity contribution is -0.136. The summed E-state index contributed by atoms with van der Waals surface area (Å²) in [5.41, 5.74) is 1.01. The van der Waals surface area contributed by atoms with E-state index in [-0.39, 0.29) is 23.4 Å². The minimum Gasteiger partial charge on any atom is -0.342 e. The van der Waals surface area contributed by atoms with Crippen molar-refractivity contribution in [3.8, 4) is 0 Å². The third kappa shape index (κ3) is 4.31. The van der Waals surface area contributed by atoms with E-state index in [0.29, 0.717) is 6.54 Å². The number of hydrogen-bond acceptors (Lipinski definition) is 3. The fourth-order valence-corrected chi connectivity index (χ4v) is 3.97. The number of nitrogens with zero attached hydrogens (tertiary/aromatic N) is 4. The molecular formula is C21H30N4O2. The van der Waals surface area contributed by atoms with Crippen molar-refractivity contribution in [3.63, 3.8) is 0 Å². The average Bonchev–Trinajstić information content (AvgIpc) is 2.97. The molecule has 1 saturated heterocycles. The zero-order chi connectivity index (χ0) is 19.4. The summed E-state index contributed by atoms with van der Waals surface area (Å²) in [7, 11) is 1.71. The lowest BCUT2D eigenvalue weighted by Gasteiger charge is -2.33. The number of benzene rings is 1. The Morgan fingerprint density at radius 3 is 2.52 bits per heavy atom. The van der Waals surface area contributed by atoms with Crippen LogP contribution in [0.3, 0.4) is 0 Å². The number of carbonyl (C=O) groups is 1. The van der Waals surface area contributed by atoms with Gasteiger partial charge in [0.1, 0.15) is 5.82 Å². The summed E-state index contributed by atoms with van der Waals surface area (Å²) in [5, 5.41) is 4.53. The first kappa shape index (κ1) is 19.4. The van der Waals surface area contributed by atoms with Gasteiger partial charge in [-0.25, -0.2) is 9.48 Å². The van der Waals surface area contributed by atoms with E-state index in [9.17, 15) is 9.59 Å². The average molecular weight is 370 g/mol. The molecule has 1 aliphatic rings. The minimum atomic E-state index is -0.0797. The molecule has 1 aromatic heterocycles. The van der Waals surface area contributed by atoms with Crippen LogP contribution < -0.4 is 5.69 Å². The third-order valence-electron chi connectivity index (χ3n) is 5.54. The zero-order valence-corrected chi connectivity index (χ0v) is 16.6. The molecule has 0 N–H and O–H groups in total. The SMILES string of the molecule is CCC[C@@H](C)C(=O)N1CCC(c2nn(C)c(=O)n2Cc2ccccc2)CC1. The highest BCUT2D eigenvalue weighted by Crippen LogP contribution is 2.27. The molecule has 1 fully saturated rings. The molecule has 2 heterocycles. The normalized spacial score (nSPS) is 16.5. The van der Waals surface area contributed by atoms with Gasteiger partial charge in [-0.3, -0.25) is 9.36 Å². The molecule has 0 bridgehead atoms. The van der Waals surface area contributed by atoms with Gasteiger partial charge >= 0.3 is 5.69 Å². The van der Waals surface area contributed by atoms with Crippen LogP contribution in [0.25, 0.3) is 0 Å². The summed E-state index contributed by atoms with van der Waals surface area (Å²) in [5.74, 6) is 1.42. The molecule has 6 nitrogen and oxygen atoms in total. The van der Waals surface area contributed by atoms with Gasteiger partial charge in [0.05, 0.1) is 6.54 Å². The van der Waals surface area contributed by atoms with Gasteiger partial charge in [0.25, 0.3) is 0 Å². The number of amides is 1. The Kier molecular flexibility index (Phi) is 6.14. The molecule has 1 aromatic carbocycles. The summed E-state index contributed by atoms with van der Waals surface area (Å²) >= 11 is 0. The summed E-state index contributed by atoms with van der Waals surface area (Å²) in [4.78, 5) is 27.1. The van der Waals surface area contributed by atoms with E-state index in [4.69, 9.17) is 0 Å². The van der Waals surface area contributed by atoms with Gasteiger partial charge in [-0.2, -0.15) is 5.10 Å². The van der Waals surface area contributed by atoms with Crippen molar-refractivity contribution < 1.29 is 4.79 Å². The third-order valence-corrected chi connectivity index (χ3v) is 5.54. The van der Waals surface area contributed by atoms with Crippen LogP contribution in [0.15, 0.2) is 35.1 Å². The molecule has 3 rings (SSSR count). The highest BCUT2D eigenvalue weighted by molar-refractivity contribution is 5.78. The van der Waals surface area contributed by atoms with Crippen LogP contribution in [0.2, 0.25) is 0 Å². The molecule has 146 valence electrons. The summed E-state index contributed by atoms with van der Waals surface area (Å²) in [6, 6.07) is 10.00. The zero-order valence-electron chi connectivity index (χ0n) is 16.6. The van der Waals surface area contributed by atoms with Crippen molar-refractivity contribution in [3.05, 3.63) is 52.2 Å². The van der Waals surface area contributed by atoms with Crippen molar-refractivity contribution in [1.82, 2.24) is 19.2 Å². The van der Waals surface area contributed by atoms with Crippen LogP contribution in [0.1, 0.15) is 56.8 Å². The fraction of sp³-hybridized carbons (Fsp3) is 0.571. The van der Waals surface area contributed by atoms with E-state index in [1.807, 2.05) is 42.2 Å². The van der Waals surface area contributed by atoms with Gasteiger partial charge in [0.2, 0.25) is 5.91 Å². The number of piperidine rings is 1. The monoisotopic (exact) mass is 370 g/mol. The largest absolute Gasteiger partial charge is 0.345 e. The Hall–Kier alpha value is -2.37. The van der Waals surface area contributed by atoms with Crippen molar-refractivity contribution in [2.24, 2.45) is 13.0 Å². The van der Waals surface area contributed by atoms with Crippen molar-refractivity contribution >= 4 is 5.91 Å². The van der Waals surface area contributed by atoms with Gasteiger partial charge in [-0.1, -0.05) is 50.6 Å². The number of carbonyl (C=O) groups excluding carboxylic acids is 1. The van der Waals surface area contributed by atoms with Crippen LogP contribution in [0.4, 0.5) is 0 Å². The number of likely N-dealkylation sites (tertiary alicyclic amines) is 1. The molecule has 2 aromatic rings. The van der Waals surface area contributed by atoms with Gasteiger partial charge < -0.3 is 4.90 Å². The Labute approximate surface area is 160 Å². The van der Waals surface area contributed by atoms with Crippen LogP contribution in [0.5, 0.6) is 0 Å². The highest BCUT2D eigenvalue weighted by Gasteiger charge is 2.29. The summed E-state index contributed by atoms with van der Waals surface area (Å²) in [6.07, 6.45) is 3.68. The van der Waals surface area contributed by atoms with Gasteiger partial charge in [-0.05, 0) is 24.8 Å². The first-order valence-corrected chi connectivity index (χ1v) is 9.97. The quantitative estimate of drug-likeness (QED) is 0.786. The number of hydrogen-bond donors (Lipinski definition) is 0. The molecule has 0 unspecified atom stereocenters. The van der Waals surface area contributed by atoms with Crippen LogP contribution in [0, 0.1) is 5.92 Å². The molecular weight excluding hydrogens is 340 g/mol. The van der Waals surface area contributed by atoms with Crippen molar-refractivity contribution in [2.75, 3.05) is 13.1 Å². The molecule has 0 radical (unpaired) electrons. The smallest absolute Gasteiger partial charge is 0.342 e. The first-order chi connectivity index (χ1) is 13.0. The standard InChI is InChI=1S/C21H30N4O2/c1-4-8-16(2)20(26)24-13-11-18(12-14-24)19-22-23(3)21(27)25(19)15-17-9-6-5-7-10-17/h5-7,9-10,16,18H,4,8,11-15H2,1-3H3/t16-/m1/s1. The van der Waals surface area contributed by atoms with E-state index in [0.717, 1.165) is 50.2 Å². The maximum absolute atomic E-state index is 12.6. The van der Waals surface area contributed by atoms with Crippen molar-refractivity contribution in [1.29, 1.82) is 0 Å². The topological polar surface area (TPSA) is 60.1 Å². The van der Waals surface area contributed by atoms with Crippen LogP contribution >= 0.6 is 0 Å². The molecule has 0 aliphatic carbocycles. The Balaban J connectivity index is 1.72. The highest BCUT2D eigenvalue weighted by atomic mass is 16.2. The minimum absolute atomic E-state index is 0.0797. The second-order valence-corrected chi connectivity index (χ2v) is 7.63. The maximum Gasteiger partial charge on any atom is 0.345 e. The lowest BCUT2D eigenvalue weighted by atomic mass is 9.94. The van der Waals surface area contributed by atoms with Gasteiger partial charge in [-0.15, -0.1) is 0 Å². The van der Waals surface area contributed by atoms with Crippen LogP contribution in [-0.2, 0) is 18.4 Å². The Bertz CT molecular complexity index is 816. The second-order valence-electron chi connectivity index (χ2n) is 7.63. The van der Waals surface area contributed by atoms with Gasteiger partial charge in [0.15, 0.2) is 0 Å². The van der Waals surface area contributed by atoms with E-state index in [2.05, 4.69) is 12.0 Å². The molecule has 6 heteroatoms. The van der Waals surface area contributed by atoms with E-state index < -0.39 is 0 Å². The first-order valence-electron chi connectivity index (χ1n) is 9.97. The summed E-state index contributed by atoms with van der Waals surface area (Å²) in [6.45, 7) is 6.16. The maximum atomic E-state index is 12.6. The lowest BCUT2D eigenvalue weighted by Crippen LogP contribution is -2.41. The molecule has 1 atom stereocenters. The Morgan fingerprint density at radius 2 is 1.89 bits per heavy atom. The van der Waals surface area contributed by atoms with Crippen LogP contribution in [-0.4, -0.2) is 38.2 Å². The predicted molar refractivity (Wildman–Crippen MR) is 106 cm³/mol.